The molecular formula is C14H21BrFNO2S. The molecule has 0 spiro atoms. The van der Waals surface area contributed by atoms with Crippen molar-refractivity contribution in [1.82, 2.24) is 5.32 Å². The minimum absolute atomic E-state index is 0.223. The van der Waals surface area contributed by atoms with Crippen LogP contribution in [0.25, 0.3) is 0 Å². The Morgan fingerprint density at radius 2 is 2.00 bits per heavy atom. The van der Waals surface area contributed by atoms with Crippen molar-refractivity contribution in [1.29, 1.82) is 0 Å². The van der Waals surface area contributed by atoms with E-state index in [2.05, 4.69) is 21.2 Å². The molecule has 0 aliphatic carbocycles. The zero-order valence-electron chi connectivity index (χ0n) is 12.0. The van der Waals surface area contributed by atoms with Gasteiger partial charge >= 0.3 is 0 Å². The van der Waals surface area contributed by atoms with E-state index in [4.69, 9.17) is 0 Å². The van der Waals surface area contributed by atoms with Crippen LogP contribution in [0.1, 0.15) is 25.8 Å². The van der Waals surface area contributed by atoms with E-state index >= 15 is 0 Å². The number of sulfone groups is 1. The molecule has 0 saturated heterocycles. The summed E-state index contributed by atoms with van der Waals surface area (Å²) in [5, 5.41) is 2.73. The summed E-state index contributed by atoms with van der Waals surface area (Å²) in [6.07, 6.45) is 2.63. The smallest absolute Gasteiger partial charge is 0.151 e. The molecule has 114 valence electrons. The fourth-order valence-electron chi connectivity index (χ4n) is 2.01. The van der Waals surface area contributed by atoms with Gasteiger partial charge in [-0.3, -0.25) is 0 Å². The van der Waals surface area contributed by atoms with Gasteiger partial charge in [-0.15, -0.1) is 0 Å². The van der Waals surface area contributed by atoms with E-state index in [0.717, 1.165) is 18.5 Å². The number of hydrogen-bond donors (Lipinski definition) is 1. The van der Waals surface area contributed by atoms with Gasteiger partial charge in [0.25, 0.3) is 0 Å². The van der Waals surface area contributed by atoms with Crippen molar-refractivity contribution < 1.29 is 12.8 Å². The van der Waals surface area contributed by atoms with E-state index in [0.29, 0.717) is 10.9 Å². The van der Waals surface area contributed by atoms with Gasteiger partial charge in [0, 0.05) is 16.8 Å². The molecule has 1 aromatic carbocycles. The molecule has 6 heteroatoms. The van der Waals surface area contributed by atoms with Gasteiger partial charge in [0.2, 0.25) is 0 Å². The van der Waals surface area contributed by atoms with Crippen molar-refractivity contribution in [2.45, 2.75) is 38.0 Å². The highest BCUT2D eigenvalue weighted by Gasteiger charge is 2.25. The maximum absolute atomic E-state index is 13.4. The zero-order valence-corrected chi connectivity index (χ0v) is 14.4. The molecule has 0 heterocycles. The van der Waals surface area contributed by atoms with Gasteiger partial charge in [0.1, 0.15) is 5.82 Å². The number of benzene rings is 1. The van der Waals surface area contributed by atoms with Crippen LogP contribution in [0.15, 0.2) is 22.7 Å². The molecule has 2 unspecified atom stereocenters. The van der Waals surface area contributed by atoms with Gasteiger partial charge in [0.15, 0.2) is 9.84 Å². The van der Waals surface area contributed by atoms with Crippen LogP contribution in [-0.4, -0.2) is 32.5 Å². The number of nitrogens with one attached hydrogen (secondary N) is 1. The molecule has 1 aromatic rings. The minimum Gasteiger partial charge on any atom is -0.312 e. The molecule has 0 amide bonds. The quantitative estimate of drug-likeness (QED) is 0.807. The molecule has 20 heavy (non-hydrogen) atoms. The largest absolute Gasteiger partial charge is 0.312 e. The van der Waals surface area contributed by atoms with Crippen LogP contribution in [0.2, 0.25) is 0 Å². The Balaban J connectivity index is 2.94. The highest BCUT2D eigenvalue weighted by molar-refractivity contribution is 9.10. The Kier molecular flexibility index (Phi) is 6.61. The Morgan fingerprint density at radius 3 is 2.50 bits per heavy atom. The predicted octanol–water partition coefficient (Wildman–Crippen LogP) is 2.93. The van der Waals surface area contributed by atoms with Crippen LogP contribution in [-0.2, 0) is 16.3 Å². The Labute approximate surface area is 129 Å². The molecule has 1 rings (SSSR count). The lowest BCUT2D eigenvalue weighted by Gasteiger charge is -2.24. The first-order valence-electron chi connectivity index (χ1n) is 6.61. The molecule has 0 aliphatic rings. The number of hydrogen-bond acceptors (Lipinski definition) is 3. The topological polar surface area (TPSA) is 46.2 Å². The second kappa shape index (κ2) is 7.52. The molecule has 3 nitrogen and oxygen atoms in total. The van der Waals surface area contributed by atoms with E-state index in [-0.39, 0.29) is 11.9 Å². The zero-order chi connectivity index (χ0) is 15.3. The van der Waals surface area contributed by atoms with Gasteiger partial charge in [-0.2, -0.15) is 0 Å². The second-order valence-electron chi connectivity index (χ2n) is 5.08. The molecular weight excluding hydrogens is 345 g/mol. The van der Waals surface area contributed by atoms with Crippen molar-refractivity contribution in [3.05, 3.63) is 34.1 Å². The maximum Gasteiger partial charge on any atom is 0.151 e. The third-order valence-corrected chi connectivity index (χ3v) is 5.41. The molecule has 0 saturated carbocycles. The standard InChI is InChI=1S/C14H21BrFNO2S/c1-4-5-17-14(10(2)20(3,18)19)8-11-6-12(15)9-13(16)7-11/h6-7,9-10,14,17H,4-5,8H2,1-3H3. The van der Waals surface area contributed by atoms with E-state index in [1.807, 2.05) is 13.0 Å². The van der Waals surface area contributed by atoms with Crippen molar-refractivity contribution in [2.24, 2.45) is 0 Å². The maximum atomic E-state index is 13.4. The van der Waals surface area contributed by atoms with Crippen molar-refractivity contribution in [3.8, 4) is 0 Å². The van der Waals surface area contributed by atoms with Gasteiger partial charge in [-0.1, -0.05) is 22.9 Å². The molecule has 0 bridgehead atoms. The van der Waals surface area contributed by atoms with Gasteiger partial charge in [-0.25, -0.2) is 12.8 Å². The number of halogens is 2. The lowest BCUT2D eigenvalue weighted by atomic mass is 10.0. The van der Waals surface area contributed by atoms with Crippen molar-refractivity contribution >= 4 is 25.8 Å². The molecule has 0 aliphatic heterocycles. The van der Waals surface area contributed by atoms with Crippen LogP contribution in [0.5, 0.6) is 0 Å². The van der Waals surface area contributed by atoms with E-state index in [1.54, 1.807) is 6.92 Å². The Morgan fingerprint density at radius 1 is 1.35 bits per heavy atom. The van der Waals surface area contributed by atoms with Crippen LogP contribution in [0.4, 0.5) is 4.39 Å². The second-order valence-corrected chi connectivity index (χ2v) is 8.40. The van der Waals surface area contributed by atoms with E-state index in [1.165, 1.54) is 18.4 Å². The fraction of sp³-hybridized carbons (Fsp3) is 0.571. The summed E-state index contributed by atoms with van der Waals surface area (Å²) in [7, 11) is -3.14. The average Bonchev–Trinajstić information content (AvgIpc) is 2.31. The predicted molar refractivity (Wildman–Crippen MR) is 84.2 cm³/mol. The molecule has 0 radical (unpaired) electrons. The summed E-state index contributed by atoms with van der Waals surface area (Å²) in [4.78, 5) is 0. The van der Waals surface area contributed by atoms with Crippen LogP contribution in [0.3, 0.4) is 0 Å². The van der Waals surface area contributed by atoms with Crippen LogP contribution < -0.4 is 5.32 Å². The minimum atomic E-state index is -3.14. The summed E-state index contributed by atoms with van der Waals surface area (Å²) in [6, 6.07) is 4.43. The lowest BCUT2D eigenvalue weighted by molar-refractivity contribution is 0.481. The third kappa shape index (κ3) is 5.50. The molecule has 0 fully saturated rings. The molecule has 2 atom stereocenters. The first-order valence-corrected chi connectivity index (χ1v) is 9.36. The van der Waals surface area contributed by atoms with Crippen molar-refractivity contribution in [2.75, 3.05) is 12.8 Å². The highest BCUT2D eigenvalue weighted by Crippen LogP contribution is 2.18. The Bertz CT molecular complexity index is 528. The fourth-order valence-corrected chi connectivity index (χ4v) is 3.32. The Hall–Kier alpha value is -0.460. The molecule has 0 aromatic heterocycles. The summed E-state index contributed by atoms with van der Waals surface area (Å²) < 4.78 is 37.5. The SMILES string of the molecule is CCCNC(Cc1cc(F)cc(Br)c1)C(C)S(C)(=O)=O. The number of rotatable bonds is 7. The normalized spacial score (nSPS) is 15.1. The van der Waals surface area contributed by atoms with E-state index < -0.39 is 15.1 Å². The van der Waals surface area contributed by atoms with Gasteiger partial charge < -0.3 is 5.32 Å². The summed E-state index contributed by atoms with van der Waals surface area (Å²) in [6.45, 7) is 4.45. The average molecular weight is 366 g/mol. The summed E-state index contributed by atoms with van der Waals surface area (Å²) in [5.41, 5.74) is 0.779. The summed E-state index contributed by atoms with van der Waals surface area (Å²) in [5.74, 6) is -0.323. The lowest BCUT2D eigenvalue weighted by Crippen LogP contribution is -2.44. The highest BCUT2D eigenvalue weighted by atomic mass is 79.9. The van der Waals surface area contributed by atoms with Crippen LogP contribution in [0, 0.1) is 5.82 Å². The molecule has 1 N–H and O–H groups in total. The van der Waals surface area contributed by atoms with Gasteiger partial charge in [-0.05, 0) is 50.1 Å². The van der Waals surface area contributed by atoms with Crippen molar-refractivity contribution in [3.63, 3.8) is 0 Å². The van der Waals surface area contributed by atoms with E-state index in [9.17, 15) is 12.8 Å². The first-order chi connectivity index (χ1) is 9.24. The summed E-state index contributed by atoms with van der Waals surface area (Å²) >= 11 is 3.25. The first kappa shape index (κ1) is 17.6. The monoisotopic (exact) mass is 365 g/mol. The van der Waals surface area contributed by atoms with Gasteiger partial charge in [0.05, 0.1) is 5.25 Å². The van der Waals surface area contributed by atoms with Crippen LogP contribution >= 0.6 is 15.9 Å². The third-order valence-electron chi connectivity index (χ3n) is 3.28.